The summed E-state index contributed by atoms with van der Waals surface area (Å²) in [6.45, 7) is 0. The van der Waals surface area contributed by atoms with E-state index in [2.05, 4.69) is 76.6 Å². The molecule has 0 radical (unpaired) electrons. The molecule has 0 spiro atoms. The summed E-state index contributed by atoms with van der Waals surface area (Å²) in [5.74, 6) is 5.15. The highest BCUT2D eigenvalue weighted by molar-refractivity contribution is 9.10. The van der Waals surface area contributed by atoms with E-state index >= 15 is 0 Å². The first-order valence-corrected chi connectivity index (χ1v) is 14.6. The van der Waals surface area contributed by atoms with Crippen LogP contribution in [-0.4, -0.2) is 4.32 Å². The number of hydrogen-bond donors (Lipinski definition) is 0. The second-order valence-corrected chi connectivity index (χ2v) is 15.0. The average Bonchev–Trinajstić information content (AvgIpc) is 2.78. The highest BCUT2D eigenvalue weighted by atomic mass is 79.9. The summed E-state index contributed by atoms with van der Waals surface area (Å²) in [5.41, 5.74) is 4.36. The summed E-state index contributed by atoms with van der Waals surface area (Å²) in [6, 6.07) is 22.7. The van der Waals surface area contributed by atoms with Crippen molar-refractivity contribution in [3.05, 3.63) is 71.8 Å². The Morgan fingerprint density at radius 1 is 0.500 bits per heavy atom. The molecule has 8 bridgehead atoms. The van der Waals surface area contributed by atoms with Crippen molar-refractivity contribution >= 4 is 15.9 Å². The lowest BCUT2D eigenvalue weighted by molar-refractivity contribution is -0.00518. The molecule has 0 aromatic heterocycles. The Bertz CT molecular complexity index is 942. The smallest absolute Gasteiger partial charge is 0.0271 e. The van der Waals surface area contributed by atoms with Gasteiger partial charge in [-0.3, -0.25) is 0 Å². The third-order valence-corrected chi connectivity index (χ3v) is 11.7. The van der Waals surface area contributed by atoms with Crippen molar-refractivity contribution in [3.8, 4) is 0 Å². The topological polar surface area (TPSA) is 0 Å². The van der Waals surface area contributed by atoms with Gasteiger partial charge < -0.3 is 0 Å². The van der Waals surface area contributed by atoms with Gasteiger partial charge in [-0.15, -0.1) is 0 Å². The van der Waals surface area contributed by atoms with E-state index in [4.69, 9.17) is 0 Å². The second kappa shape index (κ2) is 8.50. The van der Waals surface area contributed by atoms with Gasteiger partial charge in [0.15, 0.2) is 0 Å². The molecule has 2 aromatic rings. The molecule has 8 saturated carbocycles. The molecule has 2 aromatic carbocycles. The van der Waals surface area contributed by atoms with Gasteiger partial charge in [0.1, 0.15) is 0 Å². The minimum atomic E-state index is 0. The molecule has 0 heterocycles. The van der Waals surface area contributed by atoms with E-state index in [0.29, 0.717) is 15.2 Å². The van der Waals surface area contributed by atoms with Crippen LogP contribution in [0.2, 0.25) is 0 Å². The minimum absolute atomic E-state index is 0. The van der Waals surface area contributed by atoms with Crippen molar-refractivity contribution in [3.63, 3.8) is 0 Å². The van der Waals surface area contributed by atoms with Gasteiger partial charge in [-0.05, 0) is 129 Å². The molecule has 0 aliphatic heterocycles. The van der Waals surface area contributed by atoms with Crippen molar-refractivity contribution in [2.75, 3.05) is 0 Å². The maximum absolute atomic E-state index is 4.09. The predicted octanol–water partition coefficient (Wildman–Crippen LogP) is 9.46. The minimum Gasteiger partial charge on any atom is -0.0853 e. The monoisotopic (exact) mass is 518 g/mol. The molecule has 0 N–H and O–H groups in total. The van der Waals surface area contributed by atoms with Crippen molar-refractivity contribution in [1.82, 2.24) is 0 Å². The van der Waals surface area contributed by atoms with Crippen LogP contribution in [0, 0.1) is 29.6 Å². The van der Waals surface area contributed by atoms with E-state index in [1.54, 1.807) is 30.4 Å². The molecule has 2 unspecified atom stereocenters. The molecule has 1 heteroatoms. The first-order chi connectivity index (χ1) is 16.0. The van der Waals surface area contributed by atoms with Crippen LogP contribution in [-0.2, 0) is 10.8 Å². The molecule has 8 aliphatic rings. The van der Waals surface area contributed by atoms with Crippen LogP contribution >= 0.6 is 15.9 Å². The first kappa shape index (κ1) is 23.3. The standard InChI is InChI=1S/C16H19Br.C16H20.CH4/c17-16-9-12-6-13(10-16)8-15(7-12,11-16)14-4-2-1-3-5-14;1-2-4-15(5-3-1)16-9-12-6-13(10-16)8-14(7-12)11-16;/h1-5,12-13H,6-11H2;1-5,12-14H,6-11H2;1H4. The van der Waals surface area contributed by atoms with Crippen molar-refractivity contribution < 1.29 is 0 Å². The molecule has 10 rings (SSSR count). The summed E-state index contributed by atoms with van der Waals surface area (Å²) in [5, 5.41) is 0. The van der Waals surface area contributed by atoms with E-state index in [9.17, 15) is 0 Å². The Hall–Kier alpha value is -1.08. The Morgan fingerprint density at radius 3 is 1.32 bits per heavy atom. The summed E-state index contributed by atoms with van der Waals surface area (Å²) in [4.78, 5) is 0. The van der Waals surface area contributed by atoms with Crippen molar-refractivity contribution in [2.45, 2.75) is 99.6 Å². The SMILES string of the molecule is BrC12CC3CC(C1)CC(c1ccccc1)(C3)C2.C.c1ccc(C23CC4CC(CC(C4)C2)C3)cc1. The molecular weight excluding hydrogens is 476 g/mol. The fourth-order valence-electron chi connectivity index (χ4n) is 10.5. The van der Waals surface area contributed by atoms with Crippen LogP contribution < -0.4 is 0 Å². The van der Waals surface area contributed by atoms with E-state index in [0.717, 1.165) is 29.6 Å². The third-order valence-electron chi connectivity index (χ3n) is 10.8. The van der Waals surface area contributed by atoms with E-state index in [-0.39, 0.29) is 7.43 Å². The van der Waals surface area contributed by atoms with Crippen LogP contribution in [0.4, 0.5) is 0 Å². The van der Waals surface area contributed by atoms with Gasteiger partial charge in [0.05, 0.1) is 0 Å². The highest BCUT2D eigenvalue weighted by Gasteiger charge is 2.57. The zero-order valence-corrected chi connectivity index (χ0v) is 21.6. The highest BCUT2D eigenvalue weighted by Crippen LogP contribution is 2.65. The van der Waals surface area contributed by atoms with Crippen LogP contribution in [0.1, 0.15) is 95.6 Å². The van der Waals surface area contributed by atoms with Gasteiger partial charge >= 0.3 is 0 Å². The predicted molar refractivity (Wildman–Crippen MR) is 147 cm³/mol. The molecule has 8 aliphatic carbocycles. The molecule has 0 saturated heterocycles. The van der Waals surface area contributed by atoms with Crippen molar-refractivity contribution in [1.29, 1.82) is 0 Å². The van der Waals surface area contributed by atoms with Crippen LogP contribution in [0.3, 0.4) is 0 Å². The number of alkyl halides is 1. The Kier molecular flexibility index (Phi) is 5.83. The number of rotatable bonds is 2. The molecular formula is C33H43Br. The van der Waals surface area contributed by atoms with E-state index in [1.165, 1.54) is 57.8 Å². The van der Waals surface area contributed by atoms with Crippen LogP contribution in [0.5, 0.6) is 0 Å². The van der Waals surface area contributed by atoms with E-state index in [1.807, 2.05) is 0 Å². The van der Waals surface area contributed by atoms with Crippen LogP contribution in [0.25, 0.3) is 0 Å². The summed E-state index contributed by atoms with van der Waals surface area (Å²) in [7, 11) is 0. The van der Waals surface area contributed by atoms with Gasteiger partial charge in [0.25, 0.3) is 0 Å². The second-order valence-electron chi connectivity index (χ2n) is 13.3. The van der Waals surface area contributed by atoms with Crippen LogP contribution in [0.15, 0.2) is 60.7 Å². The lowest BCUT2D eigenvalue weighted by atomic mass is 9.48. The maximum Gasteiger partial charge on any atom is 0.0271 e. The maximum atomic E-state index is 4.09. The average molecular weight is 520 g/mol. The summed E-state index contributed by atoms with van der Waals surface area (Å²) >= 11 is 4.09. The fraction of sp³-hybridized carbons (Fsp3) is 0.636. The molecule has 34 heavy (non-hydrogen) atoms. The number of hydrogen-bond acceptors (Lipinski definition) is 0. The largest absolute Gasteiger partial charge is 0.0853 e. The van der Waals surface area contributed by atoms with Gasteiger partial charge in [-0.1, -0.05) is 84.0 Å². The Labute approximate surface area is 216 Å². The lowest BCUT2D eigenvalue weighted by Gasteiger charge is -2.60. The normalized spacial score (nSPS) is 44.8. The van der Waals surface area contributed by atoms with Gasteiger partial charge in [-0.2, -0.15) is 0 Å². The van der Waals surface area contributed by atoms with Gasteiger partial charge in [-0.25, -0.2) is 0 Å². The van der Waals surface area contributed by atoms with Gasteiger partial charge in [0, 0.05) is 4.32 Å². The molecule has 8 fully saturated rings. The van der Waals surface area contributed by atoms with Crippen molar-refractivity contribution in [2.24, 2.45) is 29.6 Å². The third kappa shape index (κ3) is 3.93. The summed E-state index contributed by atoms with van der Waals surface area (Å²) < 4.78 is 0.479. The fourth-order valence-corrected chi connectivity index (χ4v) is 12.0. The Morgan fingerprint density at radius 2 is 0.882 bits per heavy atom. The first-order valence-electron chi connectivity index (χ1n) is 13.8. The quantitative estimate of drug-likeness (QED) is 0.347. The summed E-state index contributed by atoms with van der Waals surface area (Å²) in [6.07, 6.45) is 17.7. The van der Waals surface area contributed by atoms with E-state index < -0.39 is 0 Å². The zero-order chi connectivity index (χ0) is 22.1. The lowest BCUT2D eigenvalue weighted by Crippen LogP contribution is -2.54. The number of halogens is 1. The number of benzene rings is 2. The Balaban J connectivity index is 0.000000124. The molecule has 2 atom stereocenters. The molecule has 0 amide bonds. The van der Waals surface area contributed by atoms with Gasteiger partial charge in [0.2, 0.25) is 0 Å². The molecule has 182 valence electrons. The zero-order valence-electron chi connectivity index (χ0n) is 20.0. The molecule has 0 nitrogen and oxygen atoms in total.